The van der Waals surface area contributed by atoms with Crippen LogP contribution in [-0.4, -0.2) is 27.9 Å². The zero-order valence-electron chi connectivity index (χ0n) is 15.6. The Balaban J connectivity index is 1.79. The van der Waals surface area contributed by atoms with E-state index in [-0.39, 0.29) is 23.2 Å². The van der Waals surface area contributed by atoms with E-state index in [4.69, 9.17) is 0 Å². The number of carbonyl (C=O) groups is 1. The fourth-order valence-corrected chi connectivity index (χ4v) is 4.36. The predicted octanol–water partition coefficient (Wildman–Crippen LogP) is 2.99. The van der Waals surface area contributed by atoms with Gasteiger partial charge in [0.25, 0.3) is 0 Å². The second-order valence-electron chi connectivity index (χ2n) is 7.47. The van der Waals surface area contributed by atoms with E-state index in [1.54, 1.807) is 36.2 Å². The van der Waals surface area contributed by atoms with Gasteiger partial charge in [-0.3, -0.25) is 4.79 Å². The molecule has 0 spiro atoms. The van der Waals surface area contributed by atoms with Crippen molar-refractivity contribution in [1.82, 2.24) is 4.72 Å². The van der Waals surface area contributed by atoms with Gasteiger partial charge in [-0.2, -0.15) is 0 Å². The first-order chi connectivity index (χ1) is 12.6. The average Bonchev–Trinajstić information content (AvgIpc) is 2.61. The fourth-order valence-electron chi connectivity index (χ4n) is 3.31. The molecular formula is C20H23FN2O3S. The van der Waals surface area contributed by atoms with Gasteiger partial charge in [-0.15, -0.1) is 0 Å². The highest BCUT2D eigenvalue weighted by Crippen LogP contribution is 2.40. The van der Waals surface area contributed by atoms with Gasteiger partial charge in [-0.25, -0.2) is 17.5 Å². The highest BCUT2D eigenvalue weighted by atomic mass is 32.2. The van der Waals surface area contributed by atoms with E-state index in [0.29, 0.717) is 12.8 Å². The molecule has 2 aromatic carbocycles. The molecule has 0 aliphatic carbocycles. The number of hydrogen-bond acceptors (Lipinski definition) is 3. The lowest BCUT2D eigenvalue weighted by Gasteiger charge is -2.37. The monoisotopic (exact) mass is 390 g/mol. The third kappa shape index (κ3) is 4.04. The number of nitrogens with zero attached hydrogens (tertiary/aromatic N) is 1. The summed E-state index contributed by atoms with van der Waals surface area (Å²) in [6.07, 6.45) is 0.797. The molecular weight excluding hydrogens is 367 g/mol. The standard InChI is InChI=1S/C20H23FN2O3S/c1-20(2)13-19(24)23(3)18-9-8-16(12-17(18)20)27(25,26)22-11-10-14-4-6-15(21)7-5-14/h4-9,12,22H,10-11,13H2,1-3H3. The number of anilines is 1. The number of carbonyl (C=O) groups excluding carboxylic acids is 1. The Hall–Kier alpha value is -2.25. The Kier molecular flexibility index (Phi) is 5.10. The van der Waals surface area contributed by atoms with Crippen molar-refractivity contribution < 1.29 is 17.6 Å². The molecule has 1 heterocycles. The summed E-state index contributed by atoms with van der Waals surface area (Å²) in [6.45, 7) is 4.09. The van der Waals surface area contributed by atoms with Crippen LogP contribution in [0.5, 0.6) is 0 Å². The Bertz CT molecular complexity index is 969. The largest absolute Gasteiger partial charge is 0.315 e. The summed E-state index contributed by atoms with van der Waals surface area (Å²) in [7, 11) is -1.98. The van der Waals surface area contributed by atoms with Gasteiger partial charge in [0.1, 0.15) is 5.82 Å². The van der Waals surface area contributed by atoms with Gasteiger partial charge in [0.05, 0.1) is 4.90 Å². The Morgan fingerprint density at radius 2 is 1.81 bits per heavy atom. The molecule has 5 nitrogen and oxygen atoms in total. The second kappa shape index (κ2) is 7.05. The van der Waals surface area contributed by atoms with Crippen molar-refractivity contribution in [3.8, 4) is 0 Å². The van der Waals surface area contributed by atoms with Gasteiger partial charge in [-0.1, -0.05) is 26.0 Å². The van der Waals surface area contributed by atoms with Crippen LogP contribution in [0.4, 0.5) is 10.1 Å². The normalized spacial score (nSPS) is 16.3. The van der Waals surface area contributed by atoms with Crippen molar-refractivity contribution in [3.05, 3.63) is 59.4 Å². The first kappa shape index (κ1) is 19.5. The quantitative estimate of drug-likeness (QED) is 0.854. The summed E-state index contributed by atoms with van der Waals surface area (Å²) in [4.78, 5) is 13.9. The lowest BCUT2D eigenvalue weighted by molar-refractivity contribution is -0.119. The minimum atomic E-state index is -3.68. The number of fused-ring (bicyclic) bond motifs is 1. The van der Waals surface area contributed by atoms with Crippen LogP contribution in [0.15, 0.2) is 47.4 Å². The molecule has 0 unspecified atom stereocenters. The molecule has 1 N–H and O–H groups in total. The molecule has 0 bridgehead atoms. The van der Waals surface area contributed by atoms with E-state index in [1.807, 2.05) is 13.8 Å². The maximum Gasteiger partial charge on any atom is 0.240 e. The zero-order chi connectivity index (χ0) is 19.8. The van der Waals surface area contributed by atoms with E-state index in [9.17, 15) is 17.6 Å². The number of amides is 1. The van der Waals surface area contributed by atoms with Crippen LogP contribution >= 0.6 is 0 Å². The lowest BCUT2D eigenvalue weighted by Crippen LogP contribution is -2.39. The highest BCUT2D eigenvalue weighted by molar-refractivity contribution is 7.89. The van der Waals surface area contributed by atoms with Crippen molar-refractivity contribution in [2.24, 2.45) is 0 Å². The van der Waals surface area contributed by atoms with Crippen molar-refractivity contribution in [1.29, 1.82) is 0 Å². The molecule has 1 amide bonds. The van der Waals surface area contributed by atoms with Gasteiger partial charge in [0.2, 0.25) is 15.9 Å². The van der Waals surface area contributed by atoms with Crippen molar-refractivity contribution in [3.63, 3.8) is 0 Å². The SMILES string of the molecule is CN1C(=O)CC(C)(C)c2cc(S(=O)(=O)NCCc3ccc(F)cc3)ccc21. The molecule has 0 aromatic heterocycles. The first-order valence-electron chi connectivity index (χ1n) is 8.75. The Morgan fingerprint density at radius 1 is 1.15 bits per heavy atom. The van der Waals surface area contributed by atoms with Crippen LogP contribution in [0.2, 0.25) is 0 Å². The zero-order valence-corrected chi connectivity index (χ0v) is 16.4. The molecule has 144 valence electrons. The van der Waals surface area contributed by atoms with Gasteiger partial charge in [-0.05, 0) is 47.9 Å². The summed E-state index contributed by atoms with van der Waals surface area (Å²) >= 11 is 0. The third-order valence-electron chi connectivity index (χ3n) is 4.96. The molecule has 3 rings (SSSR count). The van der Waals surface area contributed by atoms with Crippen LogP contribution in [0, 0.1) is 5.82 Å². The molecule has 1 aliphatic rings. The third-order valence-corrected chi connectivity index (χ3v) is 6.41. The molecule has 0 atom stereocenters. The van der Waals surface area contributed by atoms with Gasteiger partial charge in [0, 0.05) is 31.1 Å². The minimum absolute atomic E-state index is 0.0144. The number of sulfonamides is 1. The van der Waals surface area contributed by atoms with Crippen molar-refractivity contribution >= 4 is 21.6 Å². The summed E-state index contributed by atoms with van der Waals surface area (Å²) < 4.78 is 40.9. The smallest absolute Gasteiger partial charge is 0.240 e. The average molecular weight is 390 g/mol. The Morgan fingerprint density at radius 3 is 2.48 bits per heavy atom. The number of halogens is 1. The van der Waals surface area contributed by atoms with Gasteiger partial charge >= 0.3 is 0 Å². The molecule has 2 aromatic rings. The first-order valence-corrected chi connectivity index (χ1v) is 10.2. The topological polar surface area (TPSA) is 66.5 Å². The van der Waals surface area contributed by atoms with Crippen LogP contribution in [0.3, 0.4) is 0 Å². The summed E-state index contributed by atoms with van der Waals surface area (Å²) in [6, 6.07) is 10.8. The van der Waals surface area contributed by atoms with Crippen molar-refractivity contribution in [2.45, 2.75) is 37.0 Å². The molecule has 0 saturated heterocycles. The maximum absolute atomic E-state index is 12.9. The van der Waals surface area contributed by atoms with Crippen molar-refractivity contribution in [2.75, 3.05) is 18.5 Å². The van der Waals surface area contributed by atoms with Crippen LogP contribution in [0.1, 0.15) is 31.4 Å². The van der Waals surface area contributed by atoms with Crippen LogP contribution in [0.25, 0.3) is 0 Å². The molecule has 7 heteroatoms. The summed E-state index contributed by atoms with van der Waals surface area (Å²) in [5, 5.41) is 0. The summed E-state index contributed by atoms with van der Waals surface area (Å²) in [5.41, 5.74) is 2.00. The minimum Gasteiger partial charge on any atom is -0.315 e. The van der Waals surface area contributed by atoms with Crippen LogP contribution in [-0.2, 0) is 26.7 Å². The van der Waals surface area contributed by atoms with E-state index >= 15 is 0 Å². The maximum atomic E-state index is 12.9. The van der Waals surface area contributed by atoms with Gasteiger partial charge < -0.3 is 4.90 Å². The second-order valence-corrected chi connectivity index (χ2v) is 9.23. The molecule has 0 fully saturated rings. The number of benzene rings is 2. The Labute approximate surface area is 159 Å². The fraction of sp³-hybridized carbons (Fsp3) is 0.350. The van der Waals surface area contributed by atoms with E-state index < -0.39 is 15.4 Å². The van der Waals surface area contributed by atoms with E-state index in [1.165, 1.54) is 18.2 Å². The molecule has 0 radical (unpaired) electrons. The van der Waals surface area contributed by atoms with Crippen LogP contribution < -0.4 is 9.62 Å². The summed E-state index contributed by atoms with van der Waals surface area (Å²) in [5.74, 6) is -0.306. The van der Waals surface area contributed by atoms with Gasteiger partial charge in [0.15, 0.2) is 0 Å². The predicted molar refractivity (Wildman–Crippen MR) is 103 cm³/mol. The number of nitrogens with one attached hydrogen (secondary N) is 1. The molecule has 27 heavy (non-hydrogen) atoms. The number of hydrogen-bond donors (Lipinski definition) is 1. The highest BCUT2D eigenvalue weighted by Gasteiger charge is 2.36. The number of rotatable bonds is 5. The molecule has 1 aliphatic heterocycles. The van der Waals surface area contributed by atoms with E-state index in [2.05, 4.69) is 4.72 Å². The van der Waals surface area contributed by atoms with E-state index in [0.717, 1.165) is 16.8 Å². The molecule has 0 saturated carbocycles. The lowest BCUT2D eigenvalue weighted by atomic mass is 9.77.